The highest BCUT2D eigenvalue weighted by Crippen LogP contribution is 2.63. The highest BCUT2D eigenvalue weighted by Gasteiger charge is 2.59. The van der Waals surface area contributed by atoms with Crippen molar-refractivity contribution in [2.75, 3.05) is 11.9 Å². The van der Waals surface area contributed by atoms with Crippen LogP contribution in [0, 0.1) is 34.9 Å². The summed E-state index contributed by atoms with van der Waals surface area (Å²) in [4.78, 5) is 30.6. The summed E-state index contributed by atoms with van der Waals surface area (Å²) in [6, 6.07) is 7.56. The fourth-order valence-electron chi connectivity index (χ4n) is 7.43. The van der Waals surface area contributed by atoms with Crippen molar-refractivity contribution >= 4 is 29.1 Å². The van der Waals surface area contributed by atoms with Crippen LogP contribution in [-0.2, 0) is 15.0 Å². The Morgan fingerprint density at radius 1 is 1.17 bits per heavy atom. The first-order chi connectivity index (χ1) is 17.1. The fraction of sp³-hybridized carbons (Fsp3) is 0.536. The van der Waals surface area contributed by atoms with Gasteiger partial charge in [-0.25, -0.2) is 4.39 Å². The summed E-state index contributed by atoms with van der Waals surface area (Å²) in [6.07, 6.45) is 8.21. The van der Waals surface area contributed by atoms with Gasteiger partial charge in [0.1, 0.15) is 5.82 Å². The Bertz CT molecular complexity index is 1140. The van der Waals surface area contributed by atoms with Crippen LogP contribution in [0.2, 0.25) is 5.02 Å². The third-order valence-electron chi connectivity index (χ3n) is 8.93. The van der Waals surface area contributed by atoms with Crippen LogP contribution < -0.4 is 16.4 Å². The van der Waals surface area contributed by atoms with E-state index >= 15 is 0 Å². The number of pyridine rings is 1. The van der Waals surface area contributed by atoms with Gasteiger partial charge >= 0.3 is 0 Å². The number of carbonyl (C=O) groups is 2. The molecule has 4 fully saturated rings. The van der Waals surface area contributed by atoms with Gasteiger partial charge in [0.25, 0.3) is 0 Å². The van der Waals surface area contributed by atoms with Gasteiger partial charge in [-0.15, -0.1) is 0 Å². The van der Waals surface area contributed by atoms with E-state index in [1.165, 1.54) is 12.1 Å². The predicted molar refractivity (Wildman–Crippen MR) is 138 cm³/mol. The maximum absolute atomic E-state index is 13.5. The number of rotatable bonds is 7. The molecular formula is C28H34ClFN4O2. The topological polar surface area (TPSA) is 97.1 Å². The van der Waals surface area contributed by atoms with Gasteiger partial charge in [0.2, 0.25) is 11.8 Å². The van der Waals surface area contributed by atoms with Gasteiger partial charge in [0, 0.05) is 35.7 Å². The third kappa shape index (κ3) is 4.52. The van der Waals surface area contributed by atoms with Gasteiger partial charge in [0.05, 0.1) is 10.8 Å². The lowest BCUT2D eigenvalue weighted by molar-refractivity contribution is -0.149. The summed E-state index contributed by atoms with van der Waals surface area (Å²) in [7, 11) is 0. The number of nitrogens with two attached hydrogens (primary N) is 1. The summed E-state index contributed by atoms with van der Waals surface area (Å²) in [6.45, 7) is 3.92. The molecule has 36 heavy (non-hydrogen) atoms. The first-order valence-electron chi connectivity index (χ1n) is 12.8. The van der Waals surface area contributed by atoms with Crippen molar-refractivity contribution in [3.05, 3.63) is 59.1 Å². The molecule has 1 aromatic heterocycles. The van der Waals surface area contributed by atoms with Crippen molar-refractivity contribution in [2.24, 2.45) is 34.8 Å². The minimum atomic E-state index is -0.927. The van der Waals surface area contributed by atoms with E-state index in [-0.39, 0.29) is 34.2 Å². The summed E-state index contributed by atoms with van der Waals surface area (Å²) in [5.41, 5.74) is 6.82. The number of halogens is 2. The zero-order chi connectivity index (χ0) is 25.7. The SMILES string of the molecule is CC(C)(C(=O)NCC(N)C1C2CC3CC1CC(C(=O)Nc1ccncc1)(C3)C2)c1ccc(F)cc1Cl. The molecule has 6 rings (SSSR count). The number of benzene rings is 1. The summed E-state index contributed by atoms with van der Waals surface area (Å²) in [5, 5.41) is 6.39. The molecule has 2 aromatic rings. The number of anilines is 1. The van der Waals surface area contributed by atoms with E-state index in [1.807, 2.05) is 12.1 Å². The van der Waals surface area contributed by atoms with Crippen molar-refractivity contribution in [2.45, 2.75) is 57.4 Å². The molecule has 4 bridgehead atoms. The van der Waals surface area contributed by atoms with Crippen molar-refractivity contribution in [3.63, 3.8) is 0 Å². The molecule has 192 valence electrons. The van der Waals surface area contributed by atoms with Crippen LogP contribution in [0.15, 0.2) is 42.7 Å². The normalized spacial score (nSPS) is 29.6. The Hall–Kier alpha value is -2.51. The molecule has 4 N–H and O–H groups in total. The first-order valence-corrected chi connectivity index (χ1v) is 13.2. The molecule has 6 nitrogen and oxygen atoms in total. The van der Waals surface area contributed by atoms with E-state index < -0.39 is 11.2 Å². The largest absolute Gasteiger partial charge is 0.354 e. The van der Waals surface area contributed by atoms with Crippen LogP contribution in [0.3, 0.4) is 0 Å². The van der Waals surface area contributed by atoms with Gasteiger partial charge in [-0.3, -0.25) is 14.6 Å². The Labute approximate surface area is 216 Å². The second kappa shape index (κ2) is 9.42. The van der Waals surface area contributed by atoms with Crippen LogP contribution >= 0.6 is 11.6 Å². The first kappa shape index (κ1) is 25.2. The molecule has 0 spiro atoms. The van der Waals surface area contributed by atoms with Crippen LogP contribution in [0.5, 0.6) is 0 Å². The molecule has 4 saturated carbocycles. The summed E-state index contributed by atoms with van der Waals surface area (Å²) in [5.74, 6) is 1.09. The lowest BCUT2D eigenvalue weighted by Crippen LogP contribution is -2.60. The molecule has 1 aromatic carbocycles. The summed E-state index contributed by atoms with van der Waals surface area (Å²) < 4.78 is 13.5. The van der Waals surface area contributed by atoms with Crippen LogP contribution in [-0.4, -0.2) is 29.4 Å². The van der Waals surface area contributed by atoms with E-state index in [9.17, 15) is 14.0 Å². The fourth-order valence-corrected chi connectivity index (χ4v) is 7.83. The average Bonchev–Trinajstić information content (AvgIpc) is 2.82. The van der Waals surface area contributed by atoms with Crippen molar-refractivity contribution in [1.82, 2.24) is 10.3 Å². The van der Waals surface area contributed by atoms with Crippen molar-refractivity contribution in [1.29, 1.82) is 0 Å². The number of aromatic nitrogens is 1. The number of hydrogen-bond acceptors (Lipinski definition) is 4. The molecule has 3 atom stereocenters. The zero-order valence-corrected chi connectivity index (χ0v) is 21.5. The van der Waals surface area contributed by atoms with Gasteiger partial charge in [-0.1, -0.05) is 17.7 Å². The maximum atomic E-state index is 13.5. The molecule has 4 aliphatic rings. The third-order valence-corrected chi connectivity index (χ3v) is 9.24. The highest BCUT2D eigenvalue weighted by molar-refractivity contribution is 6.31. The highest BCUT2D eigenvalue weighted by atomic mass is 35.5. The molecule has 4 aliphatic carbocycles. The standard InChI is InChI=1S/C28H34ClFN4O2/c1-27(2,21-4-3-19(30)11-22(21)29)25(35)33-15-23(31)24-17-9-16-10-18(24)14-28(12-16,13-17)26(36)34-20-5-7-32-8-6-20/h3-8,11,16-18,23-24H,9-10,12-15,31H2,1-2H3,(H,33,35)(H,32,34,36). The molecule has 1 heterocycles. The van der Waals surface area contributed by atoms with E-state index in [2.05, 4.69) is 15.6 Å². The number of carbonyl (C=O) groups excluding carboxylic acids is 2. The monoisotopic (exact) mass is 512 g/mol. The molecule has 3 unspecified atom stereocenters. The molecular weight excluding hydrogens is 479 g/mol. The molecule has 0 radical (unpaired) electrons. The molecule has 0 saturated heterocycles. The Morgan fingerprint density at radius 3 is 2.47 bits per heavy atom. The van der Waals surface area contributed by atoms with E-state index in [0.717, 1.165) is 37.8 Å². The minimum absolute atomic E-state index is 0.117. The quantitative estimate of drug-likeness (QED) is 0.502. The van der Waals surface area contributed by atoms with Crippen LogP contribution in [0.1, 0.15) is 51.5 Å². The van der Waals surface area contributed by atoms with E-state index in [0.29, 0.717) is 29.9 Å². The summed E-state index contributed by atoms with van der Waals surface area (Å²) >= 11 is 6.23. The average molecular weight is 513 g/mol. The van der Waals surface area contributed by atoms with E-state index in [4.69, 9.17) is 17.3 Å². The van der Waals surface area contributed by atoms with Gasteiger partial charge in [-0.2, -0.15) is 0 Å². The number of nitrogens with one attached hydrogen (secondary N) is 2. The number of amides is 2. The van der Waals surface area contributed by atoms with E-state index in [1.54, 1.807) is 32.3 Å². The van der Waals surface area contributed by atoms with Crippen molar-refractivity contribution < 1.29 is 14.0 Å². The van der Waals surface area contributed by atoms with Gasteiger partial charge in [-0.05, 0) is 99.5 Å². The Kier molecular flexibility index (Phi) is 6.58. The van der Waals surface area contributed by atoms with Crippen LogP contribution in [0.4, 0.5) is 10.1 Å². The smallest absolute Gasteiger partial charge is 0.230 e. The van der Waals surface area contributed by atoms with Gasteiger partial charge in [0.15, 0.2) is 0 Å². The molecule has 8 heteroatoms. The second-order valence-corrected chi connectivity index (χ2v) is 12.0. The second-order valence-electron chi connectivity index (χ2n) is 11.6. The minimum Gasteiger partial charge on any atom is -0.354 e. The number of nitrogens with zero attached hydrogens (tertiary/aromatic N) is 1. The lowest BCUT2D eigenvalue weighted by Gasteiger charge is -2.60. The van der Waals surface area contributed by atoms with Crippen LogP contribution in [0.25, 0.3) is 0 Å². The maximum Gasteiger partial charge on any atom is 0.230 e. The Morgan fingerprint density at radius 2 is 1.83 bits per heavy atom. The molecule has 2 amide bonds. The zero-order valence-electron chi connectivity index (χ0n) is 20.8. The Balaban J connectivity index is 1.24. The van der Waals surface area contributed by atoms with Gasteiger partial charge < -0.3 is 16.4 Å². The van der Waals surface area contributed by atoms with Crippen molar-refractivity contribution in [3.8, 4) is 0 Å². The predicted octanol–water partition coefficient (Wildman–Crippen LogP) is 4.68. The molecule has 0 aliphatic heterocycles. The number of hydrogen-bond donors (Lipinski definition) is 3. The lowest BCUT2D eigenvalue weighted by atomic mass is 9.45.